The highest BCUT2D eigenvalue weighted by atomic mass is 32.2. The number of sulfonamides is 1. The van der Waals surface area contributed by atoms with Gasteiger partial charge in [0, 0.05) is 12.7 Å². The Labute approximate surface area is 119 Å². The Morgan fingerprint density at radius 1 is 1.47 bits per heavy atom. The van der Waals surface area contributed by atoms with E-state index in [-0.39, 0.29) is 11.5 Å². The molecule has 1 aromatic rings. The zero-order chi connectivity index (χ0) is 14.5. The second-order valence-electron chi connectivity index (χ2n) is 4.09. The van der Waals surface area contributed by atoms with Crippen LogP contribution in [0.15, 0.2) is 24.4 Å². The van der Waals surface area contributed by atoms with Crippen LogP contribution in [0.5, 0.6) is 0 Å². The number of hydrogen-bond acceptors (Lipinski definition) is 4. The monoisotopic (exact) mass is 301 g/mol. The number of rotatable bonds is 7. The molecule has 1 atom stereocenters. The van der Waals surface area contributed by atoms with Crippen LogP contribution in [-0.4, -0.2) is 34.5 Å². The zero-order valence-corrected chi connectivity index (χ0v) is 12.7. The van der Waals surface area contributed by atoms with E-state index in [4.69, 9.17) is 18.0 Å². The third-order valence-electron chi connectivity index (χ3n) is 2.82. The van der Waals surface area contributed by atoms with Gasteiger partial charge in [0.25, 0.3) is 0 Å². The van der Waals surface area contributed by atoms with Gasteiger partial charge in [-0.05, 0) is 18.6 Å². The average molecular weight is 301 g/mol. The molecule has 0 saturated carbocycles. The van der Waals surface area contributed by atoms with E-state index in [0.717, 1.165) is 0 Å². The van der Waals surface area contributed by atoms with Crippen molar-refractivity contribution in [3.05, 3.63) is 30.1 Å². The molecule has 1 rings (SSSR count). The van der Waals surface area contributed by atoms with Crippen molar-refractivity contribution in [1.82, 2.24) is 9.29 Å². The van der Waals surface area contributed by atoms with E-state index in [9.17, 15) is 8.42 Å². The van der Waals surface area contributed by atoms with E-state index >= 15 is 0 Å². The van der Waals surface area contributed by atoms with Gasteiger partial charge in [0.1, 0.15) is 5.25 Å². The van der Waals surface area contributed by atoms with Gasteiger partial charge in [0.2, 0.25) is 10.0 Å². The fourth-order valence-corrected chi connectivity index (χ4v) is 4.07. The molecular formula is C12H19N3O2S2. The third kappa shape index (κ3) is 3.95. The van der Waals surface area contributed by atoms with E-state index < -0.39 is 15.3 Å². The molecule has 0 radical (unpaired) electrons. The molecule has 1 aromatic heterocycles. The number of thiocarbonyl (C=S) groups is 1. The lowest BCUT2D eigenvalue weighted by molar-refractivity contribution is 0.415. The fraction of sp³-hybridized carbons (Fsp3) is 0.500. The van der Waals surface area contributed by atoms with Crippen LogP contribution in [0.3, 0.4) is 0 Å². The van der Waals surface area contributed by atoms with Crippen molar-refractivity contribution < 1.29 is 8.42 Å². The SMILES string of the molecule is CCC(C(N)=S)S(=O)(=O)N(CC)Cc1ccccn1. The molecule has 0 bridgehead atoms. The Bertz CT molecular complexity index is 517. The summed E-state index contributed by atoms with van der Waals surface area (Å²) in [6, 6.07) is 5.41. The molecule has 0 fully saturated rings. The third-order valence-corrected chi connectivity index (χ3v) is 5.67. The molecule has 0 aromatic carbocycles. The molecule has 5 nitrogen and oxygen atoms in total. The van der Waals surface area contributed by atoms with Gasteiger partial charge in [-0.2, -0.15) is 4.31 Å². The predicted octanol–water partition coefficient (Wildman–Crippen LogP) is 1.30. The maximum atomic E-state index is 12.5. The van der Waals surface area contributed by atoms with Crippen molar-refractivity contribution in [2.45, 2.75) is 32.1 Å². The molecule has 19 heavy (non-hydrogen) atoms. The minimum Gasteiger partial charge on any atom is -0.392 e. The first-order chi connectivity index (χ1) is 8.93. The standard InChI is InChI=1S/C12H19N3O2S2/c1-3-11(12(13)18)19(16,17)15(4-2)9-10-7-5-6-8-14-10/h5-8,11H,3-4,9H2,1-2H3,(H2,13,18). The van der Waals surface area contributed by atoms with Gasteiger partial charge in [0.05, 0.1) is 17.2 Å². The first-order valence-corrected chi connectivity index (χ1v) is 8.02. The van der Waals surface area contributed by atoms with E-state index in [2.05, 4.69) is 4.98 Å². The van der Waals surface area contributed by atoms with Gasteiger partial charge >= 0.3 is 0 Å². The molecule has 0 aliphatic carbocycles. The van der Waals surface area contributed by atoms with Crippen LogP contribution in [0, 0.1) is 0 Å². The largest absolute Gasteiger partial charge is 0.392 e. The minimum atomic E-state index is -3.53. The molecule has 0 aliphatic heterocycles. The Kier molecular flexibility index (Phi) is 5.84. The van der Waals surface area contributed by atoms with Crippen LogP contribution in [0.4, 0.5) is 0 Å². The molecule has 0 spiro atoms. The first kappa shape index (κ1) is 16.0. The molecule has 0 amide bonds. The second kappa shape index (κ2) is 6.93. The molecule has 106 valence electrons. The number of aromatic nitrogens is 1. The Morgan fingerprint density at radius 2 is 2.16 bits per heavy atom. The Hall–Kier alpha value is -1.05. The summed E-state index contributed by atoms with van der Waals surface area (Å²) in [5.41, 5.74) is 6.23. The van der Waals surface area contributed by atoms with E-state index in [1.807, 2.05) is 6.07 Å². The first-order valence-electron chi connectivity index (χ1n) is 6.11. The van der Waals surface area contributed by atoms with Gasteiger partial charge in [0.15, 0.2) is 0 Å². The van der Waals surface area contributed by atoms with Crippen molar-refractivity contribution in [3.63, 3.8) is 0 Å². The van der Waals surface area contributed by atoms with Crippen LogP contribution in [0.1, 0.15) is 26.0 Å². The average Bonchev–Trinajstić information content (AvgIpc) is 2.36. The molecule has 1 heterocycles. The van der Waals surface area contributed by atoms with Crippen molar-refractivity contribution in [2.24, 2.45) is 5.73 Å². The topological polar surface area (TPSA) is 76.3 Å². The molecule has 2 N–H and O–H groups in total. The lowest BCUT2D eigenvalue weighted by atomic mass is 10.3. The number of nitrogens with two attached hydrogens (primary N) is 1. The summed E-state index contributed by atoms with van der Waals surface area (Å²) in [6.07, 6.45) is 2.01. The molecule has 0 saturated heterocycles. The summed E-state index contributed by atoms with van der Waals surface area (Å²) in [5, 5.41) is -0.814. The van der Waals surface area contributed by atoms with Crippen LogP contribution in [-0.2, 0) is 16.6 Å². The Morgan fingerprint density at radius 3 is 2.58 bits per heavy atom. The number of pyridine rings is 1. The van der Waals surface area contributed by atoms with E-state index in [1.54, 1.807) is 32.2 Å². The summed E-state index contributed by atoms with van der Waals surface area (Å²) in [6.45, 7) is 4.14. The minimum absolute atomic E-state index is 0.0157. The van der Waals surface area contributed by atoms with Gasteiger partial charge in [-0.15, -0.1) is 0 Å². The maximum Gasteiger partial charge on any atom is 0.223 e. The van der Waals surface area contributed by atoms with E-state index in [1.165, 1.54) is 4.31 Å². The maximum absolute atomic E-state index is 12.5. The van der Waals surface area contributed by atoms with Gasteiger partial charge in [-0.3, -0.25) is 4.98 Å². The lowest BCUT2D eigenvalue weighted by Gasteiger charge is -2.25. The highest BCUT2D eigenvalue weighted by Crippen LogP contribution is 2.15. The zero-order valence-electron chi connectivity index (χ0n) is 11.1. The van der Waals surface area contributed by atoms with Crippen molar-refractivity contribution in [2.75, 3.05) is 6.54 Å². The summed E-state index contributed by atoms with van der Waals surface area (Å²) >= 11 is 4.85. The summed E-state index contributed by atoms with van der Waals surface area (Å²) in [5.74, 6) is 0. The normalized spacial score (nSPS) is 13.4. The quantitative estimate of drug-likeness (QED) is 0.768. The lowest BCUT2D eigenvalue weighted by Crippen LogP contribution is -2.44. The summed E-state index contributed by atoms with van der Waals surface area (Å²) < 4.78 is 26.3. The van der Waals surface area contributed by atoms with Crippen LogP contribution in [0.2, 0.25) is 0 Å². The fourth-order valence-electron chi connectivity index (χ4n) is 1.79. The highest BCUT2D eigenvalue weighted by molar-refractivity contribution is 7.92. The van der Waals surface area contributed by atoms with Crippen LogP contribution < -0.4 is 5.73 Å². The molecular weight excluding hydrogens is 282 g/mol. The van der Waals surface area contributed by atoms with Crippen molar-refractivity contribution >= 4 is 27.2 Å². The highest BCUT2D eigenvalue weighted by Gasteiger charge is 2.32. The summed E-state index contributed by atoms with van der Waals surface area (Å²) in [4.78, 5) is 4.16. The van der Waals surface area contributed by atoms with Gasteiger partial charge < -0.3 is 5.73 Å². The van der Waals surface area contributed by atoms with Crippen molar-refractivity contribution in [3.8, 4) is 0 Å². The second-order valence-corrected chi connectivity index (χ2v) is 6.68. The van der Waals surface area contributed by atoms with Gasteiger partial charge in [-0.25, -0.2) is 8.42 Å². The molecule has 0 aliphatic rings. The van der Waals surface area contributed by atoms with Crippen LogP contribution in [0.25, 0.3) is 0 Å². The van der Waals surface area contributed by atoms with Crippen LogP contribution >= 0.6 is 12.2 Å². The molecule has 1 unspecified atom stereocenters. The smallest absolute Gasteiger partial charge is 0.223 e. The predicted molar refractivity (Wildman–Crippen MR) is 80.1 cm³/mol. The van der Waals surface area contributed by atoms with Crippen molar-refractivity contribution in [1.29, 1.82) is 0 Å². The number of nitrogens with zero attached hydrogens (tertiary/aromatic N) is 2. The Balaban J connectivity index is 2.99. The molecule has 7 heteroatoms. The number of hydrogen-bond donors (Lipinski definition) is 1. The van der Waals surface area contributed by atoms with E-state index in [0.29, 0.717) is 18.7 Å². The summed E-state index contributed by atoms with van der Waals surface area (Å²) in [7, 11) is -3.53. The van der Waals surface area contributed by atoms with Gasteiger partial charge in [-0.1, -0.05) is 32.1 Å².